The number of carbonyl (C=O) groups excluding carboxylic acids is 2. The zero-order chi connectivity index (χ0) is 21.5. The second-order valence-electron chi connectivity index (χ2n) is 7.59. The molecule has 0 saturated heterocycles. The van der Waals surface area contributed by atoms with E-state index in [1.165, 1.54) is 0 Å². The normalized spacial score (nSPS) is 12.1. The first-order valence-corrected chi connectivity index (χ1v) is 12.3. The van der Waals surface area contributed by atoms with Gasteiger partial charge in [0.05, 0.1) is 12.8 Å². The summed E-state index contributed by atoms with van der Waals surface area (Å²) < 4.78 is 11.6. The van der Waals surface area contributed by atoms with Crippen LogP contribution in [0.1, 0.15) is 105 Å². The van der Waals surface area contributed by atoms with Crippen molar-refractivity contribution in [2.75, 3.05) is 11.5 Å². The Kier molecular flexibility index (Phi) is 15.3. The summed E-state index contributed by atoms with van der Waals surface area (Å²) in [5.41, 5.74) is -0.669. The standard InChI is InChI=1S/C22H42O4S2/c1-5-21(6-2,25-19(23)13-17-27)15-11-9-10-12-16-22(7-3,8-4)26-20(24)14-18-28/h27-28H,5-18H2,1-4H3. The van der Waals surface area contributed by atoms with Crippen molar-refractivity contribution < 1.29 is 19.1 Å². The van der Waals surface area contributed by atoms with Crippen molar-refractivity contribution in [1.82, 2.24) is 0 Å². The van der Waals surface area contributed by atoms with Gasteiger partial charge in [-0.1, -0.05) is 40.5 Å². The minimum absolute atomic E-state index is 0.141. The molecule has 0 heterocycles. The van der Waals surface area contributed by atoms with Crippen molar-refractivity contribution in [1.29, 1.82) is 0 Å². The third-order valence-corrected chi connectivity index (χ3v) is 6.33. The molecule has 28 heavy (non-hydrogen) atoms. The molecule has 4 nitrogen and oxygen atoms in total. The molecule has 0 bridgehead atoms. The summed E-state index contributed by atoms with van der Waals surface area (Å²) in [6.45, 7) is 8.36. The molecule has 0 aliphatic rings. The van der Waals surface area contributed by atoms with Crippen LogP contribution in [-0.2, 0) is 19.1 Å². The SMILES string of the molecule is CCC(CC)(CCCCCCC(CC)(CC)OC(=O)CCS)OC(=O)CCS. The highest BCUT2D eigenvalue weighted by molar-refractivity contribution is 7.80. The zero-order valence-corrected chi connectivity index (χ0v) is 20.2. The summed E-state index contributed by atoms with van der Waals surface area (Å²) in [7, 11) is 0. The molecule has 0 radical (unpaired) electrons. The van der Waals surface area contributed by atoms with Gasteiger partial charge in [0, 0.05) is 11.5 Å². The fourth-order valence-electron chi connectivity index (χ4n) is 3.61. The van der Waals surface area contributed by atoms with Crippen LogP contribution in [0.2, 0.25) is 0 Å². The number of thiol groups is 2. The van der Waals surface area contributed by atoms with Gasteiger partial charge in [-0.3, -0.25) is 9.59 Å². The smallest absolute Gasteiger partial charge is 0.307 e. The van der Waals surface area contributed by atoms with Crippen molar-refractivity contribution >= 4 is 37.2 Å². The lowest BCUT2D eigenvalue weighted by Crippen LogP contribution is -2.34. The van der Waals surface area contributed by atoms with E-state index in [1.54, 1.807) is 0 Å². The van der Waals surface area contributed by atoms with Gasteiger partial charge >= 0.3 is 11.9 Å². The fraction of sp³-hybridized carbons (Fsp3) is 0.909. The van der Waals surface area contributed by atoms with Crippen LogP contribution in [0.3, 0.4) is 0 Å². The van der Waals surface area contributed by atoms with E-state index >= 15 is 0 Å². The number of rotatable bonds is 17. The number of hydrogen-bond acceptors (Lipinski definition) is 6. The molecular formula is C22H42O4S2. The lowest BCUT2D eigenvalue weighted by atomic mass is 9.88. The molecule has 0 aliphatic carbocycles. The molecule has 0 aromatic carbocycles. The third kappa shape index (κ3) is 10.4. The van der Waals surface area contributed by atoms with Crippen LogP contribution >= 0.6 is 25.3 Å². The maximum absolute atomic E-state index is 11.9. The van der Waals surface area contributed by atoms with Gasteiger partial charge in [0.15, 0.2) is 0 Å². The summed E-state index contributed by atoms with van der Waals surface area (Å²) in [5.74, 6) is 0.768. The van der Waals surface area contributed by atoms with Crippen molar-refractivity contribution in [3.63, 3.8) is 0 Å². The molecule has 0 aromatic rings. The highest BCUT2D eigenvalue weighted by Gasteiger charge is 2.31. The van der Waals surface area contributed by atoms with Crippen LogP contribution in [-0.4, -0.2) is 34.6 Å². The summed E-state index contributed by atoms with van der Waals surface area (Å²) in [5, 5.41) is 0. The van der Waals surface area contributed by atoms with E-state index in [0.29, 0.717) is 24.3 Å². The van der Waals surface area contributed by atoms with Crippen molar-refractivity contribution in [3.8, 4) is 0 Å². The zero-order valence-electron chi connectivity index (χ0n) is 18.4. The second-order valence-corrected chi connectivity index (χ2v) is 8.48. The van der Waals surface area contributed by atoms with Crippen LogP contribution in [0.4, 0.5) is 0 Å². The molecule has 0 fully saturated rings. The van der Waals surface area contributed by atoms with Crippen molar-refractivity contribution in [3.05, 3.63) is 0 Å². The summed E-state index contributed by atoms with van der Waals surface area (Å²) in [6, 6.07) is 0. The number of ether oxygens (including phenoxy) is 2. The molecular weight excluding hydrogens is 392 g/mol. The molecule has 6 heteroatoms. The quantitative estimate of drug-likeness (QED) is 0.163. The van der Waals surface area contributed by atoms with Gasteiger partial charge in [-0.25, -0.2) is 0 Å². The Bertz CT molecular complexity index is 392. The van der Waals surface area contributed by atoms with E-state index in [1.807, 2.05) is 0 Å². The van der Waals surface area contributed by atoms with Crippen molar-refractivity contribution in [2.24, 2.45) is 0 Å². The molecule has 0 spiro atoms. The van der Waals surface area contributed by atoms with E-state index in [2.05, 4.69) is 53.0 Å². The van der Waals surface area contributed by atoms with Gasteiger partial charge in [-0.05, 0) is 51.4 Å². The van der Waals surface area contributed by atoms with E-state index in [4.69, 9.17) is 9.47 Å². The first kappa shape index (κ1) is 27.6. The molecule has 0 atom stereocenters. The molecule has 0 aliphatic heterocycles. The highest BCUT2D eigenvalue weighted by atomic mass is 32.1. The molecule has 0 amide bonds. The maximum atomic E-state index is 11.9. The Morgan fingerprint density at radius 1 is 0.643 bits per heavy atom. The Morgan fingerprint density at radius 3 is 1.21 bits per heavy atom. The average molecular weight is 435 g/mol. The summed E-state index contributed by atoms with van der Waals surface area (Å²) in [4.78, 5) is 23.8. The second kappa shape index (κ2) is 15.5. The molecule has 0 unspecified atom stereocenters. The first-order chi connectivity index (χ1) is 13.4. The van der Waals surface area contributed by atoms with Crippen LogP contribution in [0.5, 0.6) is 0 Å². The van der Waals surface area contributed by atoms with E-state index in [9.17, 15) is 9.59 Å². The van der Waals surface area contributed by atoms with Gasteiger partial charge in [0.2, 0.25) is 0 Å². The third-order valence-electron chi connectivity index (χ3n) is 5.88. The Labute approximate surface area is 183 Å². The Balaban J connectivity index is 4.39. The molecule has 0 N–H and O–H groups in total. The fourth-order valence-corrected chi connectivity index (χ4v) is 3.98. The summed E-state index contributed by atoms with van der Waals surface area (Å²) in [6.07, 6.45) is 10.2. The first-order valence-electron chi connectivity index (χ1n) is 11.0. The van der Waals surface area contributed by atoms with Gasteiger partial charge < -0.3 is 9.47 Å². The highest BCUT2D eigenvalue weighted by Crippen LogP contribution is 2.30. The minimum Gasteiger partial charge on any atom is -0.459 e. The van der Waals surface area contributed by atoms with Gasteiger partial charge in [-0.15, -0.1) is 0 Å². The lowest BCUT2D eigenvalue weighted by molar-refractivity contribution is -0.162. The molecule has 0 aromatic heterocycles. The Hall–Kier alpha value is -0.360. The average Bonchev–Trinajstić information content (AvgIpc) is 2.69. The van der Waals surface area contributed by atoms with E-state index in [0.717, 1.165) is 64.2 Å². The molecule has 166 valence electrons. The van der Waals surface area contributed by atoms with Crippen LogP contribution in [0.15, 0.2) is 0 Å². The Morgan fingerprint density at radius 2 is 0.964 bits per heavy atom. The molecule has 0 saturated carbocycles. The predicted molar refractivity (Wildman–Crippen MR) is 123 cm³/mol. The topological polar surface area (TPSA) is 52.6 Å². The van der Waals surface area contributed by atoms with E-state index < -0.39 is 0 Å². The number of unbranched alkanes of at least 4 members (excludes halogenated alkanes) is 3. The number of esters is 2. The largest absolute Gasteiger partial charge is 0.459 e. The summed E-state index contributed by atoms with van der Waals surface area (Å²) >= 11 is 8.23. The predicted octanol–water partition coefficient (Wildman–Crippen LogP) is 6.17. The van der Waals surface area contributed by atoms with Gasteiger partial charge in [0.1, 0.15) is 11.2 Å². The van der Waals surface area contributed by atoms with Crippen LogP contribution in [0.25, 0.3) is 0 Å². The lowest BCUT2D eigenvalue weighted by Gasteiger charge is -2.32. The number of hydrogen-bond donors (Lipinski definition) is 2. The monoisotopic (exact) mass is 434 g/mol. The van der Waals surface area contributed by atoms with Gasteiger partial charge in [0.25, 0.3) is 0 Å². The number of carbonyl (C=O) groups is 2. The molecule has 0 rings (SSSR count). The van der Waals surface area contributed by atoms with Crippen molar-refractivity contribution in [2.45, 2.75) is 116 Å². The van der Waals surface area contributed by atoms with Gasteiger partial charge in [-0.2, -0.15) is 25.3 Å². The van der Waals surface area contributed by atoms with E-state index in [-0.39, 0.29) is 23.1 Å². The van der Waals surface area contributed by atoms with Crippen LogP contribution in [0, 0.1) is 0 Å². The minimum atomic E-state index is -0.334. The van der Waals surface area contributed by atoms with Crippen LogP contribution < -0.4 is 0 Å². The maximum Gasteiger partial charge on any atom is 0.307 e.